The number of nitrogens with two attached hydrogens (primary N) is 1. The van der Waals surface area contributed by atoms with Crippen LogP contribution in [-0.2, 0) is 10.2 Å². The van der Waals surface area contributed by atoms with Gasteiger partial charge in [-0.25, -0.2) is 0 Å². The molecule has 1 amide bonds. The van der Waals surface area contributed by atoms with Gasteiger partial charge < -0.3 is 11.1 Å². The van der Waals surface area contributed by atoms with Crippen LogP contribution in [0.3, 0.4) is 0 Å². The fraction of sp³-hybridized carbons (Fsp3) is 0.357. The Morgan fingerprint density at radius 3 is 2.59 bits per heavy atom. The third-order valence-electron chi connectivity index (χ3n) is 3.16. The highest BCUT2D eigenvalue weighted by Crippen LogP contribution is 2.48. The molecule has 0 bridgehead atoms. The first kappa shape index (κ1) is 11.5. The summed E-state index contributed by atoms with van der Waals surface area (Å²) >= 11 is 0. The van der Waals surface area contributed by atoms with E-state index in [2.05, 4.69) is 17.2 Å². The average Bonchev–Trinajstić information content (AvgIpc) is 3.11. The number of carbonyl (C=O) groups excluding carboxylic acids is 1. The predicted octanol–water partition coefficient (Wildman–Crippen LogP) is 1.44. The maximum Gasteiger partial charge on any atom is 0.231 e. The Morgan fingerprint density at radius 2 is 2.06 bits per heavy atom. The minimum Gasteiger partial charge on any atom is -0.399 e. The standard InChI is InChI=1S/C14H16N2O/c1-2-3-10-16-13(17)14(8-9-14)11-4-6-12(15)7-5-11/h4-7H,8-10,15H2,1H3,(H,16,17). The van der Waals surface area contributed by atoms with Crippen molar-refractivity contribution in [3.63, 3.8) is 0 Å². The molecule has 0 atom stereocenters. The van der Waals surface area contributed by atoms with Gasteiger partial charge in [0.2, 0.25) is 5.91 Å². The van der Waals surface area contributed by atoms with Gasteiger partial charge in [0, 0.05) is 5.69 Å². The van der Waals surface area contributed by atoms with Gasteiger partial charge in [-0.2, -0.15) is 0 Å². The zero-order valence-corrected chi connectivity index (χ0v) is 9.92. The molecule has 3 nitrogen and oxygen atoms in total. The van der Waals surface area contributed by atoms with Crippen molar-refractivity contribution in [1.82, 2.24) is 5.32 Å². The molecule has 1 aromatic carbocycles. The number of hydrogen-bond donors (Lipinski definition) is 2. The molecule has 0 aliphatic heterocycles. The Balaban J connectivity index is 2.10. The largest absolute Gasteiger partial charge is 0.399 e. The summed E-state index contributed by atoms with van der Waals surface area (Å²) in [7, 11) is 0. The minimum absolute atomic E-state index is 0.0741. The molecule has 1 fully saturated rings. The maximum atomic E-state index is 12.1. The van der Waals surface area contributed by atoms with Crippen molar-refractivity contribution in [1.29, 1.82) is 0 Å². The summed E-state index contributed by atoms with van der Waals surface area (Å²) in [5.41, 5.74) is 7.09. The van der Waals surface area contributed by atoms with Crippen LogP contribution in [0.5, 0.6) is 0 Å². The van der Waals surface area contributed by atoms with Gasteiger partial charge in [-0.3, -0.25) is 4.79 Å². The van der Waals surface area contributed by atoms with E-state index in [1.54, 1.807) is 6.92 Å². The van der Waals surface area contributed by atoms with E-state index < -0.39 is 0 Å². The lowest BCUT2D eigenvalue weighted by molar-refractivity contribution is -0.123. The van der Waals surface area contributed by atoms with Gasteiger partial charge in [0.05, 0.1) is 12.0 Å². The van der Waals surface area contributed by atoms with E-state index in [4.69, 9.17) is 5.73 Å². The SMILES string of the molecule is CC#CCNC(=O)C1(c2ccc(N)cc2)CC1. The van der Waals surface area contributed by atoms with Crippen LogP contribution in [0.4, 0.5) is 5.69 Å². The van der Waals surface area contributed by atoms with Crippen molar-refractivity contribution >= 4 is 11.6 Å². The molecular formula is C14H16N2O. The first-order chi connectivity index (χ1) is 8.19. The number of benzene rings is 1. The third-order valence-corrected chi connectivity index (χ3v) is 3.16. The molecule has 0 saturated heterocycles. The molecule has 0 spiro atoms. The van der Waals surface area contributed by atoms with Crippen molar-refractivity contribution in [2.45, 2.75) is 25.2 Å². The van der Waals surface area contributed by atoms with Crippen molar-refractivity contribution in [3.8, 4) is 11.8 Å². The van der Waals surface area contributed by atoms with Crippen LogP contribution in [0.1, 0.15) is 25.3 Å². The van der Waals surface area contributed by atoms with Crippen LogP contribution >= 0.6 is 0 Å². The summed E-state index contributed by atoms with van der Waals surface area (Å²) in [4.78, 5) is 12.1. The summed E-state index contributed by atoms with van der Waals surface area (Å²) in [6.07, 6.45) is 1.81. The topological polar surface area (TPSA) is 55.1 Å². The molecule has 88 valence electrons. The van der Waals surface area contributed by atoms with Crippen LogP contribution in [0.25, 0.3) is 0 Å². The first-order valence-electron chi connectivity index (χ1n) is 5.73. The van der Waals surface area contributed by atoms with Crippen LogP contribution in [0.15, 0.2) is 24.3 Å². The molecule has 17 heavy (non-hydrogen) atoms. The van der Waals surface area contributed by atoms with E-state index in [1.807, 2.05) is 24.3 Å². The molecule has 3 N–H and O–H groups in total. The number of rotatable bonds is 3. The summed E-state index contributed by atoms with van der Waals surface area (Å²) < 4.78 is 0. The fourth-order valence-corrected chi connectivity index (χ4v) is 1.96. The van der Waals surface area contributed by atoms with E-state index in [9.17, 15) is 4.79 Å². The summed E-state index contributed by atoms with van der Waals surface area (Å²) in [6.45, 7) is 2.19. The molecule has 1 aromatic rings. The lowest BCUT2D eigenvalue weighted by atomic mass is 9.95. The monoisotopic (exact) mass is 228 g/mol. The highest BCUT2D eigenvalue weighted by molar-refractivity contribution is 5.91. The number of nitrogens with one attached hydrogen (secondary N) is 1. The number of hydrogen-bond acceptors (Lipinski definition) is 2. The first-order valence-corrected chi connectivity index (χ1v) is 5.73. The van der Waals surface area contributed by atoms with Gasteiger partial charge >= 0.3 is 0 Å². The van der Waals surface area contributed by atoms with E-state index in [0.29, 0.717) is 6.54 Å². The summed E-state index contributed by atoms with van der Waals surface area (Å²) in [6, 6.07) is 7.56. The molecule has 0 heterocycles. The maximum absolute atomic E-state index is 12.1. The Labute approximate surface area is 101 Å². The van der Waals surface area contributed by atoms with Crippen LogP contribution < -0.4 is 11.1 Å². The van der Waals surface area contributed by atoms with Gasteiger partial charge in [-0.05, 0) is 37.5 Å². The number of amides is 1. The highest BCUT2D eigenvalue weighted by Gasteiger charge is 2.50. The van der Waals surface area contributed by atoms with Gasteiger partial charge in [0.25, 0.3) is 0 Å². The number of carbonyl (C=O) groups is 1. The smallest absolute Gasteiger partial charge is 0.231 e. The van der Waals surface area contributed by atoms with Crippen molar-refractivity contribution in [2.24, 2.45) is 0 Å². The van der Waals surface area contributed by atoms with E-state index in [0.717, 1.165) is 24.1 Å². The second-order valence-electron chi connectivity index (χ2n) is 4.31. The molecule has 0 radical (unpaired) electrons. The van der Waals surface area contributed by atoms with E-state index in [1.165, 1.54) is 0 Å². The Kier molecular flexibility index (Phi) is 3.06. The van der Waals surface area contributed by atoms with Gasteiger partial charge in [-0.1, -0.05) is 18.1 Å². The van der Waals surface area contributed by atoms with E-state index >= 15 is 0 Å². The molecule has 1 aliphatic carbocycles. The zero-order valence-electron chi connectivity index (χ0n) is 9.92. The molecule has 0 aromatic heterocycles. The Bertz CT molecular complexity index is 475. The van der Waals surface area contributed by atoms with Gasteiger partial charge in [0.15, 0.2) is 0 Å². The Morgan fingerprint density at radius 1 is 1.41 bits per heavy atom. The minimum atomic E-state index is -0.330. The van der Waals surface area contributed by atoms with Crippen LogP contribution in [0, 0.1) is 11.8 Å². The molecular weight excluding hydrogens is 212 g/mol. The summed E-state index contributed by atoms with van der Waals surface area (Å²) in [5, 5.41) is 2.86. The second-order valence-corrected chi connectivity index (χ2v) is 4.31. The quantitative estimate of drug-likeness (QED) is 0.607. The molecule has 3 heteroatoms. The molecule has 2 rings (SSSR count). The van der Waals surface area contributed by atoms with Crippen molar-refractivity contribution in [3.05, 3.63) is 29.8 Å². The lowest BCUT2D eigenvalue weighted by Gasteiger charge is -2.14. The van der Waals surface area contributed by atoms with Crippen molar-refractivity contribution < 1.29 is 4.79 Å². The molecule has 0 unspecified atom stereocenters. The van der Waals surface area contributed by atoms with Crippen LogP contribution in [-0.4, -0.2) is 12.5 Å². The zero-order chi connectivity index (χ0) is 12.3. The second kappa shape index (κ2) is 4.50. The number of anilines is 1. The van der Waals surface area contributed by atoms with Crippen molar-refractivity contribution in [2.75, 3.05) is 12.3 Å². The summed E-state index contributed by atoms with van der Waals surface area (Å²) in [5.74, 6) is 5.67. The normalized spacial score (nSPS) is 15.6. The molecule has 1 saturated carbocycles. The third kappa shape index (κ3) is 2.26. The van der Waals surface area contributed by atoms with Gasteiger partial charge in [0.1, 0.15) is 0 Å². The molecule has 1 aliphatic rings. The average molecular weight is 228 g/mol. The predicted molar refractivity (Wildman–Crippen MR) is 68.2 cm³/mol. The van der Waals surface area contributed by atoms with Gasteiger partial charge in [-0.15, -0.1) is 5.92 Å². The lowest BCUT2D eigenvalue weighted by Crippen LogP contribution is -2.34. The van der Waals surface area contributed by atoms with E-state index in [-0.39, 0.29) is 11.3 Å². The fourth-order valence-electron chi connectivity index (χ4n) is 1.96. The Hall–Kier alpha value is -1.95. The highest BCUT2D eigenvalue weighted by atomic mass is 16.2. The number of nitrogen functional groups attached to an aromatic ring is 1. The van der Waals surface area contributed by atoms with Crippen LogP contribution in [0.2, 0.25) is 0 Å².